The first kappa shape index (κ1) is 13.9. The molecule has 0 aliphatic heterocycles. The van der Waals surface area contributed by atoms with Gasteiger partial charge in [-0.3, -0.25) is 0 Å². The minimum atomic E-state index is 0.245. The van der Waals surface area contributed by atoms with Gasteiger partial charge in [0.1, 0.15) is 6.07 Å². The molecule has 1 aliphatic carbocycles. The summed E-state index contributed by atoms with van der Waals surface area (Å²) in [6, 6.07) is 8.16. The third-order valence-electron chi connectivity index (χ3n) is 4.47. The predicted molar refractivity (Wildman–Crippen MR) is 79.3 cm³/mol. The lowest BCUT2D eigenvalue weighted by molar-refractivity contribution is 0.172. The maximum absolute atomic E-state index is 9.21. The summed E-state index contributed by atoms with van der Waals surface area (Å²) in [6.45, 7) is 2.97. The standard InChI is InChI=1S/C16H23N3/c1-13-7-6-8-14(11-17)15(13)18-12-16(19(2)3)9-4-5-10-16/h6-8,18H,4-5,9-10,12H2,1-3H3. The van der Waals surface area contributed by atoms with Gasteiger partial charge in [0.05, 0.1) is 11.3 Å². The van der Waals surface area contributed by atoms with Gasteiger partial charge in [0.15, 0.2) is 0 Å². The first-order chi connectivity index (χ1) is 9.09. The Hall–Kier alpha value is -1.53. The number of hydrogen-bond donors (Lipinski definition) is 1. The van der Waals surface area contributed by atoms with Gasteiger partial charge in [-0.05, 0) is 45.5 Å². The Morgan fingerprint density at radius 1 is 1.32 bits per heavy atom. The van der Waals surface area contributed by atoms with Gasteiger partial charge in [-0.15, -0.1) is 0 Å². The van der Waals surface area contributed by atoms with Crippen LogP contribution < -0.4 is 5.32 Å². The second-order valence-electron chi connectivity index (χ2n) is 5.79. The lowest BCUT2D eigenvalue weighted by Gasteiger charge is -2.37. The molecular formula is C16H23N3. The Balaban J connectivity index is 2.16. The van der Waals surface area contributed by atoms with Crippen molar-refractivity contribution in [2.45, 2.75) is 38.1 Å². The van der Waals surface area contributed by atoms with Gasteiger partial charge in [0.25, 0.3) is 0 Å². The fourth-order valence-corrected chi connectivity index (χ4v) is 3.06. The third kappa shape index (κ3) is 2.74. The molecule has 1 saturated carbocycles. The molecule has 0 saturated heterocycles. The molecule has 1 aliphatic rings. The van der Waals surface area contributed by atoms with Gasteiger partial charge in [-0.2, -0.15) is 5.26 Å². The Kier molecular flexibility index (Phi) is 4.11. The predicted octanol–water partition coefficient (Wildman–Crippen LogP) is 3.15. The van der Waals surface area contributed by atoms with Crippen LogP contribution in [0.1, 0.15) is 36.8 Å². The van der Waals surface area contributed by atoms with E-state index in [-0.39, 0.29) is 5.54 Å². The fourth-order valence-electron chi connectivity index (χ4n) is 3.06. The molecule has 3 nitrogen and oxygen atoms in total. The van der Waals surface area contributed by atoms with Crippen molar-refractivity contribution in [2.75, 3.05) is 26.0 Å². The molecule has 1 N–H and O–H groups in total. The monoisotopic (exact) mass is 257 g/mol. The van der Waals surface area contributed by atoms with Gasteiger partial charge < -0.3 is 10.2 Å². The lowest BCUT2D eigenvalue weighted by atomic mass is 9.95. The topological polar surface area (TPSA) is 39.1 Å². The van der Waals surface area contributed by atoms with E-state index in [9.17, 15) is 5.26 Å². The maximum Gasteiger partial charge on any atom is 0.101 e. The molecule has 0 unspecified atom stereocenters. The SMILES string of the molecule is Cc1cccc(C#N)c1NCC1(N(C)C)CCCC1. The summed E-state index contributed by atoms with van der Waals surface area (Å²) < 4.78 is 0. The highest BCUT2D eigenvalue weighted by Crippen LogP contribution is 2.34. The summed E-state index contributed by atoms with van der Waals surface area (Å²) in [6.07, 6.45) is 5.08. The molecule has 2 rings (SSSR count). The molecule has 0 spiro atoms. The van der Waals surface area contributed by atoms with E-state index in [1.165, 1.54) is 25.7 Å². The number of para-hydroxylation sites is 1. The summed E-state index contributed by atoms with van der Waals surface area (Å²) >= 11 is 0. The number of anilines is 1. The molecule has 0 radical (unpaired) electrons. The van der Waals surface area contributed by atoms with Crippen molar-refractivity contribution >= 4 is 5.69 Å². The first-order valence-electron chi connectivity index (χ1n) is 7.00. The van der Waals surface area contributed by atoms with E-state index in [1.54, 1.807) is 0 Å². The number of rotatable bonds is 4. The number of likely N-dealkylation sites (N-methyl/N-ethyl adjacent to an activating group) is 1. The first-order valence-corrected chi connectivity index (χ1v) is 7.00. The van der Waals surface area contributed by atoms with Gasteiger partial charge in [0, 0.05) is 12.1 Å². The molecule has 0 aromatic heterocycles. The second-order valence-corrected chi connectivity index (χ2v) is 5.79. The van der Waals surface area contributed by atoms with Crippen LogP contribution in [0.5, 0.6) is 0 Å². The summed E-state index contributed by atoms with van der Waals surface area (Å²) in [5.41, 5.74) is 3.13. The van der Waals surface area contributed by atoms with E-state index in [1.807, 2.05) is 12.1 Å². The Morgan fingerprint density at radius 2 is 2.00 bits per heavy atom. The molecule has 1 aromatic rings. The number of nitrogens with one attached hydrogen (secondary N) is 1. The van der Waals surface area contributed by atoms with Gasteiger partial charge in [0.2, 0.25) is 0 Å². The molecule has 0 bridgehead atoms. The van der Waals surface area contributed by atoms with E-state index >= 15 is 0 Å². The fraction of sp³-hybridized carbons (Fsp3) is 0.562. The van der Waals surface area contributed by atoms with Crippen LogP contribution in [0, 0.1) is 18.3 Å². The summed E-state index contributed by atoms with van der Waals surface area (Å²) in [5.74, 6) is 0. The third-order valence-corrected chi connectivity index (χ3v) is 4.47. The minimum absolute atomic E-state index is 0.245. The van der Waals surface area contributed by atoms with Crippen LogP contribution in [-0.4, -0.2) is 31.1 Å². The number of benzene rings is 1. The van der Waals surface area contributed by atoms with Crippen molar-refractivity contribution in [3.63, 3.8) is 0 Å². The highest BCUT2D eigenvalue weighted by Gasteiger charge is 2.35. The van der Waals surface area contributed by atoms with E-state index < -0.39 is 0 Å². The molecule has 0 amide bonds. The molecular weight excluding hydrogens is 234 g/mol. The van der Waals surface area contributed by atoms with E-state index in [0.29, 0.717) is 0 Å². The maximum atomic E-state index is 9.21. The van der Waals surface area contributed by atoms with Gasteiger partial charge in [-0.1, -0.05) is 25.0 Å². The zero-order chi connectivity index (χ0) is 13.9. The molecule has 0 atom stereocenters. The number of aryl methyl sites for hydroxylation is 1. The van der Waals surface area contributed by atoms with Crippen molar-refractivity contribution in [1.82, 2.24) is 4.90 Å². The Morgan fingerprint density at radius 3 is 2.58 bits per heavy atom. The average molecular weight is 257 g/mol. The zero-order valence-corrected chi connectivity index (χ0v) is 12.2. The number of hydrogen-bond acceptors (Lipinski definition) is 3. The lowest BCUT2D eigenvalue weighted by Crippen LogP contribution is -2.47. The smallest absolute Gasteiger partial charge is 0.101 e. The molecule has 1 aromatic carbocycles. The quantitative estimate of drug-likeness (QED) is 0.900. The summed E-state index contributed by atoms with van der Waals surface area (Å²) in [5, 5.41) is 12.7. The number of nitrogens with zero attached hydrogens (tertiary/aromatic N) is 2. The highest BCUT2D eigenvalue weighted by molar-refractivity contribution is 5.62. The molecule has 3 heteroatoms. The van der Waals surface area contributed by atoms with Crippen LogP contribution in [-0.2, 0) is 0 Å². The van der Waals surface area contributed by atoms with Crippen molar-refractivity contribution in [2.24, 2.45) is 0 Å². The summed E-state index contributed by atoms with van der Waals surface area (Å²) in [7, 11) is 4.33. The van der Waals surface area contributed by atoms with Crippen LogP contribution in [0.25, 0.3) is 0 Å². The van der Waals surface area contributed by atoms with Crippen LogP contribution in [0.3, 0.4) is 0 Å². The number of nitriles is 1. The molecule has 0 heterocycles. The highest BCUT2D eigenvalue weighted by atomic mass is 15.2. The Bertz CT molecular complexity index is 479. The van der Waals surface area contributed by atoms with Crippen molar-refractivity contribution in [3.8, 4) is 6.07 Å². The van der Waals surface area contributed by atoms with E-state index in [4.69, 9.17) is 0 Å². The van der Waals surface area contributed by atoms with Crippen LogP contribution in [0.2, 0.25) is 0 Å². The summed E-state index contributed by atoms with van der Waals surface area (Å²) in [4.78, 5) is 2.34. The van der Waals surface area contributed by atoms with Crippen molar-refractivity contribution in [1.29, 1.82) is 5.26 Å². The van der Waals surface area contributed by atoms with Crippen LogP contribution in [0.4, 0.5) is 5.69 Å². The zero-order valence-electron chi connectivity index (χ0n) is 12.2. The van der Waals surface area contributed by atoms with Gasteiger partial charge in [-0.25, -0.2) is 0 Å². The Labute approximate surface area is 116 Å². The molecule has 1 fully saturated rings. The normalized spacial score (nSPS) is 17.4. The molecule has 19 heavy (non-hydrogen) atoms. The second kappa shape index (κ2) is 5.63. The van der Waals surface area contributed by atoms with E-state index in [0.717, 1.165) is 23.4 Å². The largest absolute Gasteiger partial charge is 0.382 e. The minimum Gasteiger partial charge on any atom is -0.382 e. The van der Waals surface area contributed by atoms with Gasteiger partial charge >= 0.3 is 0 Å². The van der Waals surface area contributed by atoms with Crippen molar-refractivity contribution in [3.05, 3.63) is 29.3 Å². The average Bonchev–Trinajstić information content (AvgIpc) is 2.87. The van der Waals surface area contributed by atoms with Crippen LogP contribution >= 0.6 is 0 Å². The van der Waals surface area contributed by atoms with Crippen molar-refractivity contribution < 1.29 is 0 Å². The van der Waals surface area contributed by atoms with E-state index in [2.05, 4.69) is 43.4 Å². The molecule has 102 valence electrons. The van der Waals surface area contributed by atoms with Crippen LogP contribution in [0.15, 0.2) is 18.2 Å².